The van der Waals surface area contributed by atoms with Crippen molar-refractivity contribution >= 4 is 23.2 Å². The van der Waals surface area contributed by atoms with Gasteiger partial charge in [0.15, 0.2) is 6.10 Å². The molecule has 1 amide bonds. The Labute approximate surface area is 175 Å². The van der Waals surface area contributed by atoms with Crippen molar-refractivity contribution in [1.29, 1.82) is 0 Å². The number of aromatic nitrogens is 1. The molecular formula is C22H28N2O4S. The van der Waals surface area contributed by atoms with Gasteiger partial charge in [-0.1, -0.05) is 25.7 Å². The molecule has 3 rings (SSSR count). The fraction of sp³-hybridized carbons (Fsp3) is 0.500. The van der Waals surface area contributed by atoms with Gasteiger partial charge in [0.2, 0.25) is 0 Å². The second-order valence-corrected chi connectivity index (χ2v) is 8.24. The van der Waals surface area contributed by atoms with E-state index in [0.717, 1.165) is 42.0 Å². The van der Waals surface area contributed by atoms with Gasteiger partial charge in [-0.3, -0.25) is 9.59 Å². The Morgan fingerprint density at radius 2 is 1.86 bits per heavy atom. The van der Waals surface area contributed by atoms with Gasteiger partial charge >= 0.3 is 5.97 Å². The second kappa shape index (κ2) is 10.4. The highest BCUT2D eigenvalue weighted by Gasteiger charge is 2.22. The number of carbonyl (C=O) groups excluding carboxylic acids is 2. The molecule has 0 bridgehead atoms. The molecule has 1 aliphatic rings. The molecule has 2 aromatic rings. The number of hydrogen-bond donors (Lipinski definition) is 1. The van der Waals surface area contributed by atoms with Crippen LogP contribution in [-0.2, 0) is 20.7 Å². The zero-order valence-corrected chi connectivity index (χ0v) is 17.8. The van der Waals surface area contributed by atoms with E-state index in [0.29, 0.717) is 5.69 Å². The summed E-state index contributed by atoms with van der Waals surface area (Å²) in [5.41, 5.74) is 1.61. The summed E-state index contributed by atoms with van der Waals surface area (Å²) in [6.45, 7) is 1.62. The minimum absolute atomic E-state index is 0.0493. The zero-order valence-electron chi connectivity index (χ0n) is 17.0. The molecule has 1 saturated carbocycles. The molecular weight excluding hydrogens is 388 g/mol. The number of methoxy groups -OCH3 is 1. The van der Waals surface area contributed by atoms with Gasteiger partial charge in [0.05, 0.1) is 19.2 Å². The van der Waals surface area contributed by atoms with E-state index < -0.39 is 12.1 Å². The van der Waals surface area contributed by atoms with E-state index in [1.807, 2.05) is 29.6 Å². The van der Waals surface area contributed by atoms with Crippen molar-refractivity contribution in [3.63, 3.8) is 0 Å². The molecule has 1 aromatic heterocycles. The van der Waals surface area contributed by atoms with Crippen LogP contribution in [0.5, 0.6) is 5.75 Å². The van der Waals surface area contributed by atoms with Crippen LogP contribution < -0.4 is 10.1 Å². The standard InChI is InChI=1S/C22H28N2O4S/c1-15(21(26)23-17-7-5-3-4-6-8-17)28-20(25)13-18-14-29-22(24-18)16-9-11-19(27-2)12-10-16/h9-12,14-15,17H,3-8,13H2,1-2H3,(H,23,26)/t15-/m1/s1. The number of benzene rings is 1. The van der Waals surface area contributed by atoms with E-state index in [1.54, 1.807) is 14.0 Å². The highest BCUT2D eigenvalue weighted by atomic mass is 32.1. The molecule has 0 unspecified atom stereocenters. The lowest BCUT2D eigenvalue weighted by atomic mass is 10.1. The fourth-order valence-corrected chi connectivity index (χ4v) is 4.26. The summed E-state index contributed by atoms with van der Waals surface area (Å²) in [6.07, 6.45) is 5.97. The van der Waals surface area contributed by atoms with E-state index in [1.165, 1.54) is 24.2 Å². The van der Waals surface area contributed by atoms with Crippen LogP contribution in [0.3, 0.4) is 0 Å². The molecule has 1 N–H and O–H groups in total. The first-order chi connectivity index (χ1) is 14.0. The third kappa shape index (κ3) is 6.29. The Morgan fingerprint density at radius 3 is 2.52 bits per heavy atom. The first kappa shape index (κ1) is 21.3. The predicted molar refractivity (Wildman–Crippen MR) is 113 cm³/mol. The largest absolute Gasteiger partial charge is 0.497 e. The summed E-state index contributed by atoms with van der Waals surface area (Å²) in [4.78, 5) is 29.1. The summed E-state index contributed by atoms with van der Waals surface area (Å²) in [5, 5.41) is 5.70. The topological polar surface area (TPSA) is 77.5 Å². The quantitative estimate of drug-likeness (QED) is 0.542. The molecule has 29 heavy (non-hydrogen) atoms. The smallest absolute Gasteiger partial charge is 0.312 e. The Bertz CT molecular complexity index is 810. The summed E-state index contributed by atoms with van der Waals surface area (Å²) < 4.78 is 10.5. The van der Waals surface area contributed by atoms with Crippen molar-refractivity contribution < 1.29 is 19.1 Å². The van der Waals surface area contributed by atoms with E-state index in [9.17, 15) is 9.59 Å². The Hall–Kier alpha value is -2.41. The number of ether oxygens (including phenoxy) is 2. The highest BCUT2D eigenvalue weighted by Crippen LogP contribution is 2.26. The van der Waals surface area contributed by atoms with Crippen LogP contribution in [0.2, 0.25) is 0 Å². The predicted octanol–water partition coefficient (Wildman–Crippen LogP) is 4.13. The lowest BCUT2D eigenvalue weighted by molar-refractivity contribution is -0.154. The maximum absolute atomic E-state index is 12.3. The van der Waals surface area contributed by atoms with Crippen LogP contribution in [0.15, 0.2) is 29.6 Å². The van der Waals surface area contributed by atoms with Crippen LogP contribution in [0.1, 0.15) is 51.1 Å². The van der Waals surface area contributed by atoms with Crippen molar-refractivity contribution in [3.8, 4) is 16.3 Å². The molecule has 156 valence electrons. The number of nitrogens with one attached hydrogen (secondary N) is 1. The van der Waals surface area contributed by atoms with Crippen molar-refractivity contribution in [2.75, 3.05) is 7.11 Å². The number of rotatable bonds is 7. The number of thiazole rings is 1. The van der Waals surface area contributed by atoms with Crippen molar-refractivity contribution in [3.05, 3.63) is 35.3 Å². The van der Waals surface area contributed by atoms with Gasteiger partial charge in [-0.2, -0.15) is 0 Å². The summed E-state index contributed by atoms with van der Waals surface area (Å²) >= 11 is 1.47. The lowest BCUT2D eigenvalue weighted by Gasteiger charge is -2.19. The van der Waals surface area contributed by atoms with E-state index >= 15 is 0 Å². The third-order valence-electron chi connectivity index (χ3n) is 5.09. The second-order valence-electron chi connectivity index (χ2n) is 7.38. The Balaban J connectivity index is 1.49. The minimum Gasteiger partial charge on any atom is -0.497 e. The van der Waals surface area contributed by atoms with Gasteiger partial charge in [0, 0.05) is 17.0 Å². The van der Waals surface area contributed by atoms with E-state index in [4.69, 9.17) is 9.47 Å². The molecule has 0 saturated heterocycles. The van der Waals surface area contributed by atoms with Crippen LogP contribution in [0.4, 0.5) is 0 Å². The number of amides is 1. The molecule has 7 heteroatoms. The number of carbonyl (C=O) groups is 2. The number of nitrogens with zero attached hydrogens (tertiary/aromatic N) is 1. The molecule has 6 nitrogen and oxygen atoms in total. The van der Waals surface area contributed by atoms with Gasteiger partial charge in [-0.15, -0.1) is 11.3 Å². The van der Waals surface area contributed by atoms with E-state index in [-0.39, 0.29) is 18.4 Å². The molecule has 0 radical (unpaired) electrons. The highest BCUT2D eigenvalue weighted by molar-refractivity contribution is 7.13. The van der Waals surface area contributed by atoms with Crippen LogP contribution in [-0.4, -0.2) is 36.1 Å². The molecule has 1 heterocycles. The van der Waals surface area contributed by atoms with Crippen LogP contribution in [0.25, 0.3) is 10.6 Å². The fourth-order valence-electron chi connectivity index (χ4n) is 3.44. The molecule has 0 spiro atoms. The Kier molecular flexibility index (Phi) is 7.63. The van der Waals surface area contributed by atoms with Crippen LogP contribution in [0, 0.1) is 0 Å². The normalized spacial score (nSPS) is 15.9. The SMILES string of the molecule is COc1ccc(-c2nc(CC(=O)O[C@H](C)C(=O)NC3CCCCCC3)cs2)cc1. The summed E-state index contributed by atoms with van der Waals surface area (Å²) in [5.74, 6) is 0.118. The van der Waals surface area contributed by atoms with Crippen molar-refractivity contribution in [2.45, 2.75) is 64.0 Å². The van der Waals surface area contributed by atoms with E-state index in [2.05, 4.69) is 10.3 Å². The monoisotopic (exact) mass is 416 g/mol. The molecule has 1 fully saturated rings. The zero-order chi connectivity index (χ0) is 20.6. The first-order valence-corrected chi connectivity index (χ1v) is 11.0. The minimum atomic E-state index is -0.801. The lowest BCUT2D eigenvalue weighted by Crippen LogP contribution is -2.42. The van der Waals surface area contributed by atoms with Gasteiger partial charge in [0.1, 0.15) is 10.8 Å². The summed E-state index contributed by atoms with van der Waals surface area (Å²) in [7, 11) is 1.62. The average molecular weight is 417 g/mol. The van der Waals surface area contributed by atoms with Gasteiger partial charge < -0.3 is 14.8 Å². The molecule has 1 atom stereocenters. The third-order valence-corrected chi connectivity index (χ3v) is 6.03. The molecule has 1 aromatic carbocycles. The van der Waals surface area contributed by atoms with Crippen LogP contribution >= 0.6 is 11.3 Å². The average Bonchev–Trinajstić information content (AvgIpc) is 3.02. The summed E-state index contributed by atoms with van der Waals surface area (Å²) in [6, 6.07) is 7.80. The van der Waals surface area contributed by atoms with Crippen molar-refractivity contribution in [1.82, 2.24) is 10.3 Å². The van der Waals surface area contributed by atoms with Gasteiger partial charge in [0.25, 0.3) is 5.91 Å². The first-order valence-electron chi connectivity index (χ1n) is 10.1. The van der Waals surface area contributed by atoms with Crippen molar-refractivity contribution in [2.24, 2.45) is 0 Å². The maximum Gasteiger partial charge on any atom is 0.312 e. The molecule has 0 aliphatic heterocycles. The molecule has 1 aliphatic carbocycles. The maximum atomic E-state index is 12.3. The van der Waals surface area contributed by atoms with Gasteiger partial charge in [-0.25, -0.2) is 4.98 Å². The Morgan fingerprint density at radius 1 is 1.17 bits per heavy atom. The van der Waals surface area contributed by atoms with Gasteiger partial charge in [-0.05, 0) is 44.0 Å². The number of hydrogen-bond acceptors (Lipinski definition) is 6. The number of esters is 1.